The minimum absolute atomic E-state index is 0.611. The van der Waals surface area contributed by atoms with Gasteiger partial charge in [-0.15, -0.1) is 0 Å². The number of piperidine rings is 1. The topological polar surface area (TPSA) is 28.4 Å². The summed E-state index contributed by atoms with van der Waals surface area (Å²) in [7, 11) is 2.21. The molecule has 0 spiro atoms. The fraction of sp³-hybridized carbons (Fsp3) is 0.500. The number of para-hydroxylation sites is 1. The summed E-state index contributed by atoms with van der Waals surface area (Å²) in [5.41, 5.74) is 0.982. The molecule has 3 nitrogen and oxygen atoms in total. The number of hydrogen-bond donors (Lipinski definition) is 1. The van der Waals surface area contributed by atoms with E-state index in [1.165, 1.54) is 24.8 Å². The third-order valence-electron chi connectivity index (χ3n) is 4.25. The van der Waals surface area contributed by atoms with Crippen molar-refractivity contribution in [1.29, 1.82) is 0 Å². The highest BCUT2D eigenvalue weighted by molar-refractivity contribution is 5.77. The van der Waals surface area contributed by atoms with Crippen LogP contribution in [0.2, 0.25) is 0 Å². The van der Waals surface area contributed by atoms with Gasteiger partial charge in [-0.05, 0) is 45.5 Å². The zero-order valence-corrected chi connectivity index (χ0v) is 11.7. The molecule has 1 N–H and O–H groups in total. The molecule has 1 fully saturated rings. The van der Waals surface area contributed by atoms with E-state index in [0.717, 1.165) is 17.9 Å². The zero-order valence-electron chi connectivity index (χ0n) is 11.7. The highest BCUT2D eigenvalue weighted by Crippen LogP contribution is 2.20. The molecular weight excluding hydrogens is 236 g/mol. The number of benzene rings is 1. The Bertz CT molecular complexity index is 515. The van der Waals surface area contributed by atoms with Gasteiger partial charge >= 0.3 is 0 Å². The monoisotopic (exact) mass is 258 g/mol. The lowest BCUT2D eigenvalue weighted by molar-refractivity contribution is 0.167. The predicted octanol–water partition coefficient (Wildman–Crippen LogP) is 3.01. The second-order valence-corrected chi connectivity index (χ2v) is 5.68. The third-order valence-corrected chi connectivity index (χ3v) is 4.25. The van der Waals surface area contributed by atoms with E-state index >= 15 is 0 Å². The maximum absolute atomic E-state index is 5.83. The summed E-state index contributed by atoms with van der Waals surface area (Å²) in [5, 5.41) is 4.82. The minimum Gasteiger partial charge on any atom is -0.460 e. The van der Waals surface area contributed by atoms with Crippen LogP contribution in [0.3, 0.4) is 0 Å². The summed E-state index contributed by atoms with van der Waals surface area (Å²) >= 11 is 0. The Morgan fingerprint density at radius 3 is 3.00 bits per heavy atom. The van der Waals surface area contributed by atoms with Crippen LogP contribution >= 0.6 is 0 Å². The summed E-state index contributed by atoms with van der Waals surface area (Å²) in [4.78, 5) is 2.43. The van der Waals surface area contributed by atoms with Crippen LogP contribution in [-0.4, -0.2) is 30.6 Å². The maximum Gasteiger partial charge on any atom is 0.134 e. The highest BCUT2D eigenvalue weighted by Gasteiger charge is 2.22. The lowest BCUT2D eigenvalue weighted by Gasteiger charge is -2.35. The van der Waals surface area contributed by atoms with E-state index in [-0.39, 0.29) is 0 Å². The molecule has 3 rings (SSSR count). The minimum atomic E-state index is 0.611. The summed E-state index contributed by atoms with van der Waals surface area (Å²) in [6.45, 7) is 4.31. The van der Waals surface area contributed by atoms with Crippen molar-refractivity contribution < 1.29 is 4.42 Å². The number of likely N-dealkylation sites (tertiary alicyclic amines) is 1. The fourth-order valence-electron chi connectivity index (χ4n) is 2.84. The molecule has 1 aromatic heterocycles. The molecule has 0 amide bonds. The summed E-state index contributed by atoms with van der Waals surface area (Å²) < 4.78 is 5.83. The standard InChI is InChI=1S/C16H22N2O/c1-12-9-14(7-8-18(12)2)17-11-15-10-13-5-3-4-6-16(13)19-15/h3-6,10,12,14,17H,7-9,11H2,1-2H3. The number of furan rings is 1. The Kier molecular flexibility index (Phi) is 3.58. The summed E-state index contributed by atoms with van der Waals surface area (Å²) in [6, 6.07) is 11.6. The van der Waals surface area contributed by atoms with E-state index in [2.05, 4.69) is 36.3 Å². The smallest absolute Gasteiger partial charge is 0.134 e. The molecule has 1 aromatic carbocycles. The van der Waals surface area contributed by atoms with Crippen molar-refractivity contribution in [3.05, 3.63) is 36.1 Å². The van der Waals surface area contributed by atoms with E-state index < -0.39 is 0 Å². The van der Waals surface area contributed by atoms with Gasteiger partial charge in [0, 0.05) is 17.5 Å². The molecule has 1 aliphatic heterocycles. The van der Waals surface area contributed by atoms with Crippen molar-refractivity contribution in [2.45, 2.75) is 38.4 Å². The lowest BCUT2D eigenvalue weighted by Crippen LogP contribution is -2.45. The molecule has 2 unspecified atom stereocenters. The summed E-state index contributed by atoms with van der Waals surface area (Å²) in [6.07, 6.45) is 2.44. The van der Waals surface area contributed by atoms with Crippen LogP contribution in [0.4, 0.5) is 0 Å². The molecular formula is C16H22N2O. The second kappa shape index (κ2) is 5.35. The van der Waals surface area contributed by atoms with E-state index in [9.17, 15) is 0 Å². The Morgan fingerprint density at radius 2 is 2.21 bits per heavy atom. The normalized spacial score (nSPS) is 24.9. The quantitative estimate of drug-likeness (QED) is 0.917. The first-order chi connectivity index (χ1) is 9.22. The average molecular weight is 258 g/mol. The van der Waals surface area contributed by atoms with Gasteiger partial charge in [0.05, 0.1) is 6.54 Å². The molecule has 0 radical (unpaired) electrons. The van der Waals surface area contributed by atoms with E-state index in [1.807, 2.05) is 18.2 Å². The fourth-order valence-corrected chi connectivity index (χ4v) is 2.84. The predicted molar refractivity (Wildman–Crippen MR) is 78.2 cm³/mol. The summed E-state index contributed by atoms with van der Waals surface area (Å²) in [5.74, 6) is 1.03. The Hall–Kier alpha value is -1.32. The van der Waals surface area contributed by atoms with Gasteiger partial charge in [-0.1, -0.05) is 18.2 Å². The highest BCUT2D eigenvalue weighted by atomic mass is 16.3. The number of nitrogens with one attached hydrogen (secondary N) is 1. The number of hydrogen-bond acceptors (Lipinski definition) is 3. The van der Waals surface area contributed by atoms with Gasteiger partial charge in [-0.25, -0.2) is 0 Å². The first-order valence-corrected chi connectivity index (χ1v) is 7.13. The van der Waals surface area contributed by atoms with Gasteiger partial charge in [0.25, 0.3) is 0 Å². The van der Waals surface area contributed by atoms with Crippen molar-refractivity contribution >= 4 is 11.0 Å². The number of fused-ring (bicyclic) bond motifs is 1. The molecule has 2 aromatic rings. The molecule has 0 bridgehead atoms. The van der Waals surface area contributed by atoms with Gasteiger partial charge in [0.1, 0.15) is 11.3 Å². The van der Waals surface area contributed by atoms with Crippen molar-refractivity contribution in [3.63, 3.8) is 0 Å². The third kappa shape index (κ3) is 2.82. The Labute approximate surface area is 114 Å². The van der Waals surface area contributed by atoms with E-state index in [4.69, 9.17) is 4.42 Å². The molecule has 102 valence electrons. The molecule has 1 saturated heterocycles. The maximum atomic E-state index is 5.83. The average Bonchev–Trinajstić information content (AvgIpc) is 2.83. The SMILES string of the molecule is CC1CC(NCc2cc3ccccc3o2)CCN1C. The van der Waals surface area contributed by atoms with Crippen LogP contribution in [0.15, 0.2) is 34.7 Å². The largest absolute Gasteiger partial charge is 0.460 e. The lowest BCUT2D eigenvalue weighted by atomic mass is 9.99. The second-order valence-electron chi connectivity index (χ2n) is 5.68. The molecule has 1 aliphatic rings. The first kappa shape index (κ1) is 12.7. The Balaban J connectivity index is 1.60. The van der Waals surface area contributed by atoms with Crippen molar-refractivity contribution in [2.75, 3.05) is 13.6 Å². The zero-order chi connectivity index (χ0) is 13.2. The van der Waals surface area contributed by atoms with Crippen molar-refractivity contribution in [1.82, 2.24) is 10.2 Å². The molecule has 19 heavy (non-hydrogen) atoms. The number of rotatable bonds is 3. The van der Waals surface area contributed by atoms with Crippen LogP contribution in [0.25, 0.3) is 11.0 Å². The molecule has 2 heterocycles. The van der Waals surface area contributed by atoms with Crippen LogP contribution in [-0.2, 0) is 6.54 Å². The van der Waals surface area contributed by atoms with Crippen LogP contribution in [0.1, 0.15) is 25.5 Å². The van der Waals surface area contributed by atoms with Gasteiger partial charge in [0.15, 0.2) is 0 Å². The van der Waals surface area contributed by atoms with E-state index in [1.54, 1.807) is 0 Å². The van der Waals surface area contributed by atoms with Gasteiger partial charge in [-0.3, -0.25) is 0 Å². The van der Waals surface area contributed by atoms with Gasteiger partial charge in [-0.2, -0.15) is 0 Å². The Morgan fingerprint density at radius 1 is 1.37 bits per heavy atom. The number of nitrogens with zero attached hydrogens (tertiary/aromatic N) is 1. The van der Waals surface area contributed by atoms with Crippen LogP contribution < -0.4 is 5.32 Å². The van der Waals surface area contributed by atoms with Gasteiger partial charge < -0.3 is 14.6 Å². The van der Waals surface area contributed by atoms with Crippen molar-refractivity contribution in [3.8, 4) is 0 Å². The molecule has 2 atom stereocenters. The van der Waals surface area contributed by atoms with Crippen LogP contribution in [0, 0.1) is 0 Å². The molecule has 0 aliphatic carbocycles. The first-order valence-electron chi connectivity index (χ1n) is 7.13. The molecule has 3 heteroatoms. The van der Waals surface area contributed by atoms with Crippen LogP contribution in [0.5, 0.6) is 0 Å². The molecule has 0 saturated carbocycles. The van der Waals surface area contributed by atoms with Gasteiger partial charge in [0.2, 0.25) is 0 Å². The van der Waals surface area contributed by atoms with Crippen molar-refractivity contribution in [2.24, 2.45) is 0 Å². The van der Waals surface area contributed by atoms with E-state index in [0.29, 0.717) is 12.1 Å².